The van der Waals surface area contributed by atoms with Crippen molar-refractivity contribution in [3.8, 4) is 5.75 Å². The van der Waals surface area contributed by atoms with Gasteiger partial charge in [-0.25, -0.2) is 0 Å². The third-order valence-corrected chi connectivity index (χ3v) is 4.36. The molecular weight excluding hydrogens is 369 g/mol. The Hall–Kier alpha value is -2.95. The van der Waals surface area contributed by atoms with Crippen LogP contribution in [0.1, 0.15) is 35.5 Å². The van der Waals surface area contributed by atoms with Gasteiger partial charge in [-0.1, -0.05) is 31.1 Å². The fraction of sp³-hybridized carbons (Fsp3) is 0.250. The summed E-state index contributed by atoms with van der Waals surface area (Å²) in [5.41, 5.74) is -1.22. The second kappa shape index (κ2) is 9.03. The first-order valence-electron chi connectivity index (χ1n) is 8.73. The molecule has 1 heterocycles. The van der Waals surface area contributed by atoms with E-state index in [-0.39, 0.29) is 53.1 Å². The molecule has 0 bridgehead atoms. The molecule has 3 aromatic rings. The van der Waals surface area contributed by atoms with Crippen LogP contribution in [0, 0.1) is 0 Å². The number of amides is 1. The van der Waals surface area contributed by atoms with Gasteiger partial charge in [-0.3, -0.25) is 14.4 Å². The Morgan fingerprint density at radius 1 is 1.21 bits per heavy atom. The first kappa shape index (κ1) is 22.3. The average molecular weight is 389 g/mol. The van der Waals surface area contributed by atoms with Crippen molar-refractivity contribution in [3.05, 3.63) is 73.7 Å². The van der Waals surface area contributed by atoms with E-state index in [1.807, 2.05) is 6.92 Å². The van der Waals surface area contributed by atoms with Gasteiger partial charge < -0.3 is 25.1 Å². The fourth-order valence-electron chi connectivity index (χ4n) is 2.80. The van der Waals surface area contributed by atoms with Gasteiger partial charge in [0, 0.05) is 14.1 Å². The molecule has 0 aliphatic carbocycles. The van der Waals surface area contributed by atoms with Gasteiger partial charge in [0.15, 0.2) is 5.75 Å². The number of hydrogen-bond acceptors (Lipinski definition) is 6. The third kappa shape index (κ3) is 4.24. The number of para-hydroxylation sites is 1. The maximum Gasteiger partial charge on any atom is 1.00 e. The quantitative estimate of drug-likeness (QED) is 0.339. The topological polar surface area (TPSA) is 114 Å². The number of phenols is 1. The number of furan rings is 1. The minimum Gasteiger partial charge on any atom is -0.671 e. The number of nitrogens with one attached hydrogen (secondary N) is 1. The van der Waals surface area contributed by atoms with Crippen LogP contribution in [0.3, 0.4) is 0 Å². The van der Waals surface area contributed by atoms with Crippen molar-refractivity contribution in [2.45, 2.75) is 19.4 Å². The van der Waals surface area contributed by atoms with E-state index in [2.05, 4.69) is 10.6 Å². The number of aromatic hydroxyl groups is 1. The smallest absolute Gasteiger partial charge is 0.671 e. The molecular formula is C20H20LiN3O5. The van der Waals surface area contributed by atoms with E-state index < -0.39 is 16.9 Å². The van der Waals surface area contributed by atoms with Gasteiger partial charge in [0.25, 0.3) is 5.91 Å². The number of nitrogens with zero attached hydrogens (tertiary/aromatic N) is 2. The van der Waals surface area contributed by atoms with Crippen LogP contribution in [0.2, 0.25) is 0 Å². The second-order valence-electron chi connectivity index (χ2n) is 6.48. The molecule has 1 amide bonds. The Labute approximate surface area is 179 Å². The van der Waals surface area contributed by atoms with Gasteiger partial charge in [-0.05, 0) is 24.3 Å². The van der Waals surface area contributed by atoms with Crippen molar-refractivity contribution >= 4 is 23.0 Å². The molecule has 0 fully saturated rings. The number of rotatable bonds is 7. The molecule has 1 atom stereocenters. The predicted octanol–water partition coefficient (Wildman–Crippen LogP) is 0.187. The summed E-state index contributed by atoms with van der Waals surface area (Å²) in [5, 5.41) is 17.5. The van der Waals surface area contributed by atoms with E-state index in [9.17, 15) is 19.5 Å². The molecule has 0 radical (unpaired) electrons. The maximum absolute atomic E-state index is 12.2. The zero-order valence-electron chi connectivity index (χ0n) is 16.7. The van der Waals surface area contributed by atoms with E-state index in [0.29, 0.717) is 12.2 Å². The summed E-state index contributed by atoms with van der Waals surface area (Å²) in [5.74, 6) is -0.110. The molecule has 2 aromatic carbocycles. The molecule has 2 N–H and O–H groups in total. The molecule has 29 heavy (non-hydrogen) atoms. The zero-order valence-corrected chi connectivity index (χ0v) is 16.7. The maximum atomic E-state index is 12.2. The van der Waals surface area contributed by atoms with Crippen molar-refractivity contribution in [2.75, 3.05) is 19.4 Å². The van der Waals surface area contributed by atoms with Crippen molar-refractivity contribution in [3.63, 3.8) is 0 Å². The molecule has 146 valence electrons. The largest absolute Gasteiger partial charge is 1.00 e. The normalized spacial score (nSPS) is 11.6. The van der Waals surface area contributed by atoms with Crippen molar-refractivity contribution in [1.82, 2.24) is 4.90 Å². The number of hydrogen-bond donors (Lipinski definition) is 2. The summed E-state index contributed by atoms with van der Waals surface area (Å²) >= 11 is 0. The average Bonchev–Trinajstić information content (AvgIpc) is 3.22. The van der Waals surface area contributed by atoms with E-state index in [4.69, 9.17) is 4.42 Å². The summed E-state index contributed by atoms with van der Waals surface area (Å²) in [4.78, 5) is 37.6. The van der Waals surface area contributed by atoms with E-state index in [0.717, 1.165) is 0 Å². The summed E-state index contributed by atoms with van der Waals surface area (Å²) in [6.45, 7) is 1.89. The van der Waals surface area contributed by atoms with Crippen LogP contribution < -0.4 is 35.0 Å². The summed E-state index contributed by atoms with van der Waals surface area (Å²) in [6, 6.07) is 7.61. The third-order valence-electron chi connectivity index (χ3n) is 4.36. The van der Waals surface area contributed by atoms with Crippen LogP contribution in [-0.4, -0.2) is 30.0 Å². The molecule has 0 spiro atoms. The number of anilines is 2. The molecule has 1 unspecified atom stereocenters. The number of benzene rings is 1. The minimum atomic E-state index is -0.725. The molecule has 1 aromatic heterocycles. The van der Waals surface area contributed by atoms with Gasteiger partial charge in [-0.2, -0.15) is 0 Å². The number of phenolic OH excluding ortho intramolecular Hbond substituents is 1. The van der Waals surface area contributed by atoms with E-state index in [1.54, 1.807) is 32.3 Å². The van der Waals surface area contributed by atoms with Crippen molar-refractivity contribution in [2.24, 2.45) is 0 Å². The summed E-state index contributed by atoms with van der Waals surface area (Å²) < 4.78 is 5.34. The predicted molar refractivity (Wildman–Crippen MR) is 106 cm³/mol. The van der Waals surface area contributed by atoms with Crippen LogP contribution >= 0.6 is 0 Å². The standard InChI is InChI=1S/C20H21N3O5.Li/c1-4-12(14-9-6-10-28-14)21-15-16(19(26)18(15)25)22-13-8-5-7-11(17(13)24)20(27)23(2)3;/h5-10,12H,4H2,1-3H3,(H3,21,22,24,25,26,27);/q;+1/p-1. The van der Waals surface area contributed by atoms with Crippen LogP contribution in [0.15, 0.2) is 50.6 Å². The molecule has 0 aliphatic rings. The Bertz CT molecular complexity index is 1070. The van der Waals surface area contributed by atoms with Crippen LogP contribution in [0.4, 0.5) is 17.1 Å². The second-order valence-corrected chi connectivity index (χ2v) is 6.48. The molecule has 0 saturated heterocycles. The molecule has 0 saturated carbocycles. The molecule has 9 heteroatoms. The van der Waals surface area contributed by atoms with E-state index >= 15 is 0 Å². The van der Waals surface area contributed by atoms with Crippen molar-refractivity contribution in [1.29, 1.82) is 0 Å². The van der Waals surface area contributed by atoms with Gasteiger partial charge in [0.2, 0.25) is 10.9 Å². The van der Waals surface area contributed by atoms with Gasteiger partial charge in [0.1, 0.15) is 0 Å². The van der Waals surface area contributed by atoms with Gasteiger partial charge in [0.05, 0.1) is 29.0 Å². The first-order chi connectivity index (χ1) is 13.3. The minimum absolute atomic E-state index is 0. The number of carbonyl (C=O) groups excluding carboxylic acids is 1. The van der Waals surface area contributed by atoms with Gasteiger partial charge in [-0.15, -0.1) is 0 Å². The van der Waals surface area contributed by atoms with Crippen LogP contribution in [0.5, 0.6) is 5.75 Å². The summed E-state index contributed by atoms with van der Waals surface area (Å²) in [6.07, 6.45) is 2.09. The van der Waals surface area contributed by atoms with Crippen LogP contribution in [-0.2, 0) is 0 Å². The zero-order chi connectivity index (χ0) is 20.4. The SMILES string of the molecule is CCC([N-]c1c(Nc2cccc(C(=O)N(C)C)c2O)c(=O)c1=O)c1ccco1.[Li+]. The summed E-state index contributed by atoms with van der Waals surface area (Å²) in [7, 11) is 3.13. The monoisotopic (exact) mass is 389 g/mol. The molecule has 0 aliphatic heterocycles. The first-order valence-corrected chi connectivity index (χ1v) is 8.73. The Morgan fingerprint density at radius 2 is 1.93 bits per heavy atom. The Balaban J connectivity index is 0.00000300. The molecule has 3 rings (SSSR count). The number of carbonyl (C=O) groups is 1. The molecule has 8 nitrogen and oxygen atoms in total. The van der Waals surface area contributed by atoms with Crippen molar-refractivity contribution < 1.29 is 33.2 Å². The van der Waals surface area contributed by atoms with Gasteiger partial charge >= 0.3 is 18.9 Å². The van der Waals surface area contributed by atoms with Crippen LogP contribution in [0.25, 0.3) is 5.32 Å². The van der Waals surface area contributed by atoms with E-state index in [1.165, 1.54) is 23.3 Å². The Morgan fingerprint density at radius 3 is 2.52 bits per heavy atom. The Kier molecular flexibility index (Phi) is 6.96. The fourth-order valence-corrected chi connectivity index (χ4v) is 2.80.